The van der Waals surface area contributed by atoms with E-state index in [0.717, 1.165) is 11.4 Å². The number of benzene rings is 1. The van der Waals surface area contributed by atoms with Gasteiger partial charge in [-0.1, -0.05) is 12.1 Å². The summed E-state index contributed by atoms with van der Waals surface area (Å²) in [5.74, 6) is 0.120. The van der Waals surface area contributed by atoms with Gasteiger partial charge in [-0.25, -0.2) is 0 Å². The molecule has 1 aromatic rings. The maximum absolute atomic E-state index is 12.5. The first-order valence-corrected chi connectivity index (χ1v) is 7.22. The minimum atomic E-state index is -0.216. The average Bonchev–Trinajstić information content (AvgIpc) is 2.50. The van der Waals surface area contributed by atoms with Crippen LogP contribution in [0.25, 0.3) is 0 Å². The molecule has 1 aromatic carbocycles. The van der Waals surface area contributed by atoms with Gasteiger partial charge >= 0.3 is 0 Å². The topological polar surface area (TPSA) is 53.6 Å². The summed E-state index contributed by atoms with van der Waals surface area (Å²) in [6.45, 7) is 7.18. The summed E-state index contributed by atoms with van der Waals surface area (Å²) in [4.78, 5) is 14.3. The summed E-state index contributed by atoms with van der Waals surface area (Å²) in [5, 5.41) is 6.61. The zero-order chi connectivity index (χ0) is 14.4. The molecule has 1 amide bonds. The smallest absolute Gasteiger partial charge is 0.246 e. The Hall–Kier alpha value is -1.75. The molecule has 1 aliphatic rings. The van der Waals surface area contributed by atoms with Crippen molar-refractivity contribution in [3.05, 3.63) is 24.3 Å². The van der Waals surface area contributed by atoms with Crippen LogP contribution in [0.3, 0.4) is 0 Å². The molecule has 1 atom stereocenters. The molecule has 1 heterocycles. The number of para-hydroxylation sites is 2. The Morgan fingerprint density at radius 3 is 2.80 bits per heavy atom. The van der Waals surface area contributed by atoms with Gasteiger partial charge in [0.1, 0.15) is 6.04 Å². The van der Waals surface area contributed by atoms with Gasteiger partial charge in [-0.2, -0.15) is 0 Å². The molecule has 0 saturated heterocycles. The molecule has 1 aliphatic heterocycles. The molecule has 5 heteroatoms. The normalized spacial score (nSPS) is 16.8. The Kier molecular flexibility index (Phi) is 5.24. The highest BCUT2D eigenvalue weighted by Gasteiger charge is 2.26. The fourth-order valence-corrected chi connectivity index (χ4v) is 2.33. The van der Waals surface area contributed by atoms with Crippen molar-refractivity contribution in [2.75, 3.05) is 43.5 Å². The van der Waals surface area contributed by atoms with E-state index in [2.05, 4.69) is 10.6 Å². The molecule has 0 spiro atoms. The lowest BCUT2D eigenvalue weighted by Crippen LogP contribution is -2.49. The highest BCUT2D eigenvalue weighted by molar-refractivity contribution is 5.88. The van der Waals surface area contributed by atoms with E-state index in [9.17, 15) is 4.79 Å². The third-order valence-corrected chi connectivity index (χ3v) is 3.45. The molecule has 5 nitrogen and oxygen atoms in total. The largest absolute Gasteiger partial charge is 0.381 e. The van der Waals surface area contributed by atoms with Gasteiger partial charge in [-0.3, -0.25) is 4.79 Å². The molecule has 2 N–H and O–H groups in total. The molecular weight excluding hydrogens is 254 g/mol. The summed E-state index contributed by atoms with van der Waals surface area (Å²) in [7, 11) is 0. The van der Waals surface area contributed by atoms with Crippen molar-refractivity contribution in [1.82, 2.24) is 4.90 Å². The van der Waals surface area contributed by atoms with E-state index in [-0.39, 0.29) is 11.9 Å². The van der Waals surface area contributed by atoms with Crippen LogP contribution in [-0.4, -0.2) is 49.7 Å². The molecule has 0 aromatic heterocycles. The van der Waals surface area contributed by atoms with Crippen LogP contribution in [0.4, 0.5) is 11.4 Å². The fourth-order valence-electron chi connectivity index (χ4n) is 2.33. The van der Waals surface area contributed by atoms with E-state index in [1.54, 1.807) is 0 Å². The van der Waals surface area contributed by atoms with Gasteiger partial charge in [-0.15, -0.1) is 0 Å². The second kappa shape index (κ2) is 7.14. The number of nitrogens with zero attached hydrogens (tertiary/aromatic N) is 1. The summed E-state index contributed by atoms with van der Waals surface area (Å²) < 4.78 is 5.33. The van der Waals surface area contributed by atoms with Crippen molar-refractivity contribution in [3.63, 3.8) is 0 Å². The zero-order valence-corrected chi connectivity index (χ0v) is 12.2. The van der Waals surface area contributed by atoms with Crippen LogP contribution in [-0.2, 0) is 9.53 Å². The predicted octanol–water partition coefficient (Wildman–Crippen LogP) is 1.78. The number of ether oxygens (including phenoxy) is 1. The first kappa shape index (κ1) is 14.7. The number of carbonyl (C=O) groups excluding carboxylic acids is 1. The van der Waals surface area contributed by atoms with Crippen LogP contribution >= 0.6 is 0 Å². The van der Waals surface area contributed by atoms with Crippen molar-refractivity contribution in [2.24, 2.45) is 0 Å². The molecular formula is C15H23N3O2. The Balaban J connectivity index is 1.95. The number of rotatable bonds is 6. The zero-order valence-electron chi connectivity index (χ0n) is 12.2. The molecule has 0 radical (unpaired) electrons. The van der Waals surface area contributed by atoms with E-state index < -0.39 is 0 Å². The van der Waals surface area contributed by atoms with Crippen molar-refractivity contribution in [3.8, 4) is 0 Å². The van der Waals surface area contributed by atoms with Crippen molar-refractivity contribution in [1.29, 1.82) is 0 Å². The van der Waals surface area contributed by atoms with Crippen LogP contribution in [0.15, 0.2) is 24.3 Å². The SMILES string of the molecule is CCOCCN(CC)C(=O)C1CNc2ccccc2N1. The van der Waals surface area contributed by atoms with Crippen molar-refractivity contribution < 1.29 is 9.53 Å². The van der Waals surface area contributed by atoms with Crippen molar-refractivity contribution in [2.45, 2.75) is 19.9 Å². The second-order valence-corrected chi connectivity index (χ2v) is 4.74. The first-order valence-electron chi connectivity index (χ1n) is 7.22. The number of hydrogen-bond donors (Lipinski definition) is 2. The Labute approximate surface area is 120 Å². The van der Waals surface area contributed by atoms with E-state index >= 15 is 0 Å². The van der Waals surface area contributed by atoms with Crippen LogP contribution in [0.2, 0.25) is 0 Å². The van der Waals surface area contributed by atoms with Crippen LogP contribution in [0.1, 0.15) is 13.8 Å². The lowest BCUT2D eigenvalue weighted by molar-refractivity contribution is -0.132. The van der Waals surface area contributed by atoms with Gasteiger partial charge in [0.25, 0.3) is 0 Å². The molecule has 0 saturated carbocycles. The molecule has 1 unspecified atom stereocenters. The Morgan fingerprint density at radius 1 is 1.35 bits per heavy atom. The van der Waals surface area contributed by atoms with Gasteiger partial charge in [0.15, 0.2) is 0 Å². The lowest BCUT2D eigenvalue weighted by Gasteiger charge is -2.31. The quantitative estimate of drug-likeness (QED) is 0.778. The maximum atomic E-state index is 12.5. The van der Waals surface area contributed by atoms with Gasteiger partial charge < -0.3 is 20.3 Å². The minimum Gasteiger partial charge on any atom is -0.381 e. The third kappa shape index (κ3) is 3.42. The summed E-state index contributed by atoms with van der Waals surface area (Å²) in [6, 6.07) is 7.73. The van der Waals surface area contributed by atoms with E-state index in [1.807, 2.05) is 43.0 Å². The number of nitrogens with one attached hydrogen (secondary N) is 2. The number of anilines is 2. The minimum absolute atomic E-state index is 0.120. The van der Waals surface area contributed by atoms with Crippen molar-refractivity contribution >= 4 is 17.3 Å². The molecule has 0 bridgehead atoms. The Morgan fingerprint density at radius 2 is 2.10 bits per heavy atom. The number of carbonyl (C=O) groups is 1. The highest BCUT2D eigenvalue weighted by atomic mass is 16.5. The molecule has 2 rings (SSSR count). The summed E-state index contributed by atoms with van der Waals surface area (Å²) in [5.41, 5.74) is 2.03. The Bertz CT molecular complexity index is 450. The molecule has 20 heavy (non-hydrogen) atoms. The van der Waals surface area contributed by atoms with Crippen LogP contribution < -0.4 is 10.6 Å². The molecule has 0 aliphatic carbocycles. The average molecular weight is 277 g/mol. The lowest BCUT2D eigenvalue weighted by atomic mass is 10.1. The molecule has 0 fully saturated rings. The first-order chi connectivity index (χ1) is 9.76. The predicted molar refractivity (Wildman–Crippen MR) is 81.1 cm³/mol. The van der Waals surface area contributed by atoms with Gasteiger partial charge in [0, 0.05) is 26.2 Å². The van der Waals surface area contributed by atoms with E-state index in [0.29, 0.717) is 32.8 Å². The number of amides is 1. The monoisotopic (exact) mass is 277 g/mol. The second-order valence-electron chi connectivity index (χ2n) is 4.74. The van der Waals surface area contributed by atoms with Gasteiger partial charge in [0.2, 0.25) is 5.91 Å². The highest BCUT2D eigenvalue weighted by Crippen LogP contribution is 2.25. The third-order valence-electron chi connectivity index (χ3n) is 3.45. The molecule has 110 valence electrons. The summed E-state index contributed by atoms with van der Waals surface area (Å²) in [6.07, 6.45) is 0. The van der Waals surface area contributed by atoms with Gasteiger partial charge in [0.05, 0.1) is 18.0 Å². The maximum Gasteiger partial charge on any atom is 0.246 e. The number of hydrogen-bond acceptors (Lipinski definition) is 4. The summed E-state index contributed by atoms with van der Waals surface area (Å²) >= 11 is 0. The van der Waals surface area contributed by atoms with Crippen LogP contribution in [0, 0.1) is 0 Å². The number of likely N-dealkylation sites (N-methyl/N-ethyl adjacent to an activating group) is 1. The van der Waals surface area contributed by atoms with E-state index in [4.69, 9.17) is 4.74 Å². The van der Waals surface area contributed by atoms with Gasteiger partial charge in [-0.05, 0) is 26.0 Å². The van der Waals surface area contributed by atoms with Crippen LogP contribution in [0.5, 0.6) is 0 Å². The fraction of sp³-hybridized carbons (Fsp3) is 0.533. The standard InChI is InChI=1S/C15H23N3O2/c1-3-18(9-10-20-4-2)15(19)14-11-16-12-7-5-6-8-13(12)17-14/h5-8,14,16-17H,3-4,9-11H2,1-2H3. The van der Waals surface area contributed by atoms with E-state index in [1.165, 1.54) is 0 Å². The number of fused-ring (bicyclic) bond motifs is 1.